The Hall–Kier alpha value is -1.00. The Morgan fingerprint density at radius 1 is 1.37 bits per heavy atom. The summed E-state index contributed by atoms with van der Waals surface area (Å²) in [5, 5.41) is 8.42. The molecule has 0 bridgehead atoms. The summed E-state index contributed by atoms with van der Waals surface area (Å²) in [6.07, 6.45) is 3.93. The van der Waals surface area contributed by atoms with Crippen molar-refractivity contribution in [1.82, 2.24) is 15.0 Å². The minimum atomic E-state index is 0.545. The van der Waals surface area contributed by atoms with Crippen LogP contribution in [0.15, 0.2) is 35.4 Å². The van der Waals surface area contributed by atoms with E-state index in [1.807, 2.05) is 16.4 Å². The third-order valence-corrected chi connectivity index (χ3v) is 4.88. The lowest BCUT2D eigenvalue weighted by atomic mass is 10.0. The Bertz CT molecular complexity index is 555. The van der Waals surface area contributed by atoms with Gasteiger partial charge in [-0.2, -0.15) is 0 Å². The van der Waals surface area contributed by atoms with Crippen LogP contribution < -0.4 is 0 Å². The predicted molar refractivity (Wildman–Crippen MR) is 79.0 cm³/mol. The molecule has 1 atom stereocenters. The molecule has 3 rings (SSSR count). The number of alkyl halides is 1. The van der Waals surface area contributed by atoms with Gasteiger partial charge in [0.05, 0.1) is 12.2 Å². The third-order valence-electron chi connectivity index (χ3n) is 3.36. The fourth-order valence-corrected chi connectivity index (χ4v) is 3.77. The standard InChI is InChI=1S/C14H16ClN3S/c15-7-3-4-12-9-18(17-16-12)8-11-10-19-14-6-2-1-5-13(11)14/h1-2,5-6,9,11H,3-4,7-8,10H2. The highest BCUT2D eigenvalue weighted by Crippen LogP contribution is 2.39. The highest BCUT2D eigenvalue weighted by atomic mass is 35.5. The van der Waals surface area contributed by atoms with Crippen molar-refractivity contribution in [1.29, 1.82) is 0 Å². The van der Waals surface area contributed by atoms with Gasteiger partial charge in [0.15, 0.2) is 0 Å². The van der Waals surface area contributed by atoms with Crippen LogP contribution in [0.1, 0.15) is 23.6 Å². The molecule has 0 fully saturated rings. The van der Waals surface area contributed by atoms with E-state index in [2.05, 4.69) is 40.8 Å². The monoisotopic (exact) mass is 293 g/mol. The molecule has 1 aromatic carbocycles. The Morgan fingerprint density at radius 2 is 2.26 bits per heavy atom. The Morgan fingerprint density at radius 3 is 3.16 bits per heavy atom. The van der Waals surface area contributed by atoms with Gasteiger partial charge in [-0.05, 0) is 24.5 Å². The van der Waals surface area contributed by atoms with Crippen LogP contribution >= 0.6 is 23.4 Å². The Kier molecular flexibility index (Phi) is 4.09. The first-order chi connectivity index (χ1) is 9.36. The van der Waals surface area contributed by atoms with Gasteiger partial charge in [-0.1, -0.05) is 23.4 Å². The molecule has 1 aliphatic rings. The number of hydrogen-bond donors (Lipinski definition) is 0. The van der Waals surface area contributed by atoms with Crippen LogP contribution in [0.25, 0.3) is 0 Å². The van der Waals surface area contributed by atoms with E-state index in [9.17, 15) is 0 Å². The van der Waals surface area contributed by atoms with Gasteiger partial charge in [-0.3, -0.25) is 4.68 Å². The number of benzene rings is 1. The number of aromatic nitrogens is 3. The lowest BCUT2D eigenvalue weighted by Gasteiger charge is -2.09. The van der Waals surface area contributed by atoms with Crippen molar-refractivity contribution in [2.75, 3.05) is 11.6 Å². The van der Waals surface area contributed by atoms with Gasteiger partial charge in [0, 0.05) is 28.6 Å². The highest BCUT2D eigenvalue weighted by molar-refractivity contribution is 7.99. The minimum absolute atomic E-state index is 0.545. The normalized spacial score (nSPS) is 17.6. The van der Waals surface area contributed by atoms with Crippen molar-refractivity contribution in [2.45, 2.75) is 30.2 Å². The van der Waals surface area contributed by atoms with Crippen molar-refractivity contribution in [3.8, 4) is 0 Å². The first-order valence-corrected chi connectivity index (χ1v) is 8.05. The van der Waals surface area contributed by atoms with Gasteiger partial charge < -0.3 is 0 Å². The molecular weight excluding hydrogens is 278 g/mol. The average molecular weight is 294 g/mol. The molecule has 0 saturated carbocycles. The van der Waals surface area contributed by atoms with Gasteiger partial charge in [0.25, 0.3) is 0 Å². The second-order valence-electron chi connectivity index (χ2n) is 4.77. The van der Waals surface area contributed by atoms with E-state index in [1.54, 1.807) is 0 Å². The molecule has 0 aliphatic carbocycles. The molecule has 100 valence electrons. The summed E-state index contributed by atoms with van der Waals surface area (Å²) < 4.78 is 1.97. The molecule has 19 heavy (non-hydrogen) atoms. The quantitative estimate of drug-likeness (QED) is 0.792. The van der Waals surface area contributed by atoms with Gasteiger partial charge in [0.1, 0.15) is 0 Å². The SMILES string of the molecule is ClCCCc1cn(CC2CSc3ccccc32)nn1. The Balaban J connectivity index is 1.68. The molecule has 0 radical (unpaired) electrons. The average Bonchev–Trinajstić information content (AvgIpc) is 3.05. The molecule has 2 aromatic rings. The van der Waals surface area contributed by atoms with Crippen LogP contribution in [0.5, 0.6) is 0 Å². The molecule has 1 aromatic heterocycles. The van der Waals surface area contributed by atoms with Crippen molar-refractivity contribution in [2.24, 2.45) is 0 Å². The van der Waals surface area contributed by atoms with Crippen molar-refractivity contribution >= 4 is 23.4 Å². The fourth-order valence-electron chi connectivity index (χ4n) is 2.40. The van der Waals surface area contributed by atoms with Gasteiger partial charge in [-0.15, -0.1) is 28.5 Å². The number of thioether (sulfide) groups is 1. The molecule has 0 spiro atoms. The zero-order valence-electron chi connectivity index (χ0n) is 10.6. The maximum atomic E-state index is 5.69. The molecule has 0 N–H and O–H groups in total. The maximum absolute atomic E-state index is 5.69. The largest absolute Gasteiger partial charge is 0.252 e. The second kappa shape index (κ2) is 5.97. The summed E-state index contributed by atoms with van der Waals surface area (Å²) in [4.78, 5) is 1.41. The van der Waals surface area contributed by atoms with E-state index in [0.29, 0.717) is 11.8 Å². The molecule has 0 amide bonds. The van der Waals surface area contributed by atoms with E-state index < -0.39 is 0 Å². The van der Waals surface area contributed by atoms with Crippen molar-refractivity contribution in [3.63, 3.8) is 0 Å². The summed E-state index contributed by atoms with van der Waals surface area (Å²) in [5.74, 6) is 2.36. The van der Waals surface area contributed by atoms with Gasteiger partial charge in [0.2, 0.25) is 0 Å². The number of halogens is 1. The fraction of sp³-hybridized carbons (Fsp3) is 0.429. The first kappa shape index (κ1) is 13.0. The van der Waals surface area contributed by atoms with Crippen LogP contribution in [0.4, 0.5) is 0 Å². The summed E-state index contributed by atoms with van der Waals surface area (Å²) in [6, 6.07) is 8.65. The van der Waals surface area contributed by atoms with Crippen LogP contribution in [0.3, 0.4) is 0 Å². The second-order valence-corrected chi connectivity index (χ2v) is 6.21. The number of fused-ring (bicyclic) bond motifs is 1. The van der Waals surface area contributed by atoms with E-state index in [0.717, 1.165) is 30.8 Å². The number of aryl methyl sites for hydroxylation is 1. The van der Waals surface area contributed by atoms with E-state index in [-0.39, 0.29) is 0 Å². The van der Waals surface area contributed by atoms with Crippen LogP contribution in [-0.4, -0.2) is 26.6 Å². The summed E-state index contributed by atoms with van der Waals surface area (Å²) >= 11 is 7.63. The maximum Gasteiger partial charge on any atom is 0.0827 e. The Labute approximate surface area is 122 Å². The lowest BCUT2D eigenvalue weighted by molar-refractivity contribution is 0.532. The minimum Gasteiger partial charge on any atom is -0.252 e. The van der Waals surface area contributed by atoms with Crippen molar-refractivity contribution in [3.05, 3.63) is 41.7 Å². The smallest absolute Gasteiger partial charge is 0.0827 e. The number of rotatable bonds is 5. The summed E-state index contributed by atoms with van der Waals surface area (Å²) in [7, 11) is 0. The summed E-state index contributed by atoms with van der Waals surface area (Å²) in [6.45, 7) is 0.915. The van der Waals surface area contributed by atoms with E-state index in [4.69, 9.17) is 11.6 Å². The number of hydrogen-bond acceptors (Lipinski definition) is 3. The molecule has 2 heterocycles. The molecule has 5 heteroatoms. The molecule has 0 saturated heterocycles. The number of nitrogens with zero attached hydrogens (tertiary/aromatic N) is 3. The van der Waals surface area contributed by atoms with E-state index >= 15 is 0 Å². The topological polar surface area (TPSA) is 30.7 Å². The highest BCUT2D eigenvalue weighted by Gasteiger charge is 2.23. The van der Waals surface area contributed by atoms with Crippen LogP contribution in [-0.2, 0) is 13.0 Å². The molecular formula is C14H16ClN3S. The van der Waals surface area contributed by atoms with Gasteiger partial charge in [-0.25, -0.2) is 0 Å². The summed E-state index contributed by atoms with van der Waals surface area (Å²) in [5.41, 5.74) is 2.49. The molecule has 3 nitrogen and oxygen atoms in total. The van der Waals surface area contributed by atoms with E-state index in [1.165, 1.54) is 10.5 Å². The zero-order valence-corrected chi connectivity index (χ0v) is 12.2. The van der Waals surface area contributed by atoms with Crippen LogP contribution in [0, 0.1) is 0 Å². The third kappa shape index (κ3) is 2.95. The van der Waals surface area contributed by atoms with Crippen molar-refractivity contribution < 1.29 is 0 Å². The van der Waals surface area contributed by atoms with Crippen LogP contribution in [0.2, 0.25) is 0 Å². The molecule has 1 unspecified atom stereocenters. The first-order valence-electron chi connectivity index (χ1n) is 6.53. The van der Waals surface area contributed by atoms with Gasteiger partial charge >= 0.3 is 0 Å². The lowest BCUT2D eigenvalue weighted by Crippen LogP contribution is -2.09. The predicted octanol–water partition coefficient (Wildman–Crippen LogP) is 3.34. The zero-order chi connectivity index (χ0) is 13.1. The molecule has 1 aliphatic heterocycles.